The molecule has 5 nitrogen and oxygen atoms in total. The molecular formula is C19H23Cl2N2O3+. The Balaban J connectivity index is 2.01. The molecule has 2 aromatic rings. The number of carbonyl (C=O) groups is 1. The Hall–Kier alpha value is -1.95. The van der Waals surface area contributed by atoms with Crippen molar-refractivity contribution in [2.24, 2.45) is 0 Å². The average Bonchev–Trinajstić information content (AvgIpc) is 2.58. The van der Waals surface area contributed by atoms with Crippen LogP contribution < -0.4 is 19.7 Å². The molecule has 0 saturated heterocycles. The first-order valence-electron chi connectivity index (χ1n) is 8.11. The topological polar surface area (TPSA) is 52.0 Å². The number of carbonyl (C=O) groups excluding carboxylic acids is 1. The van der Waals surface area contributed by atoms with Gasteiger partial charge in [-0.05, 0) is 42.8 Å². The molecule has 1 unspecified atom stereocenters. The van der Waals surface area contributed by atoms with Crippen molar-refractivity contribution >= 4 is 34.8 Å². The summed E-state index contributed by atoms with van der Waals surface area (Å²) < 4.78 is 10.7. The largest absolute Gasteiger partial charge is 0.493 e. The van der Waals surface area contributed by atoms with E-state index in [1.54, 1.807) is 32.4 Å². The number of halogens is 2. The molecule has 0 bridgehead atoms. The zero-order valence-electron chi connectivity index (χ0n) is 15.3. The van der Waals surface area contributed by atoms with Gasteiger partial charge in [-0.15, -0.1) is 0 Å². The fraction of sp³-hybridized carbons (Fsp3) is 0.316. The van der Waals surface area contributed by atoms with Gasteiger partial charge in [0.2, 0.25) is 0 Å². The number of benzene rings is 2. The number of likely N-dealkylation sites (N-methyl/N-ethyl adjacent to an activating group) is 1. The van der Waals surface area contributed by atoms with Crippen LogP contribution in [-0.2, 0) is 11.3 Å². The normalized spacial score (nSPS) is 11.8. The Morgan fingerprint density at radius 3 is 2.38 bits per heavy atom. The van der Waals surface area contributed by atoms with E-state index in [-0.39, 0.29) is 5.91 Å². The van der Waals surface area contributed by atoms with Crippen LogP contribution in [0.1, 0.15) is 11.1 Å². The zero-order chi connectivity index (χ0) is 19.3. The van der Waals surface area contributed by atoms with Gasteiger partial charge in [-0.2, -0.15) is 0 Å². The van der Waals surface area contributed by atoms with Crippen LogP contribution in [0.3, 0.4) is 0 Å². The number of methoxy groups -OCH3 is 2. The third-order valence-corrected chi connectivity index (χ3v) is 4.55. The maximum atomic E-state index is 12.3. The molecule has 2 N–H and O–H groups in total. The predicted molar refractivity (Wildman–Crippen MR) is 105 cm³/mol. The number of hydrogen-bond donors (Lipinski definition) is 2. The summed E-state index contributed by atoms with van der Waals surface area (Å²) in [6.45, 7) is 2.98. The Labute approximate surface area is 163 Å². The highest BCUT2D eigenvalue weighted by Gasteiger charge is 2.15. The fourth-order valence-electron chi connectivity index (χ4n) is 2.66. The van der Waals surface area contributed by atoms with E-state index >= 15 is 0 Å². The van der Waals surface area contributed by atoms with Crippen LogP contribution in [0, 0.1) is 6.92 Å². The molecule has 2 aromatic carbocycles. The Morgan fingerprint density at radius 1 is 1.12 bits per heavy atom. The van der Waals surface area contributed by atoms with Crippen molar-refractivity contribution in [3.8, 4) is 11.5 Å². The van der Waals surface area contributed by atoms with E-state index < -0.39 is 0 Å². The molecule has 1 amide bonds. The van der Waals surface area contributed by atoms with Gasteiger partial charge in [-0.3, -0.25) is 4.79 Å². The molecule has 0 fully saturated rings. The molecule has 0 heterocycles. The molecule has 7 heteroatoms. The van der Waals surface area contributed by atoms with E-state index in [2.05, 4.69) is 5.32 Å². The molecule has 140 valence electrons. The van der Waals surface area contributed by atoms with E-state index in [1.165, 1.54) is 0 Å². The third kappa shape index (κ3) is 5.27. The molecule has 0 saturated carbocycles. The van der Waals surface area contributed by atoms with Crippen LogP contribution in [0.4, 0.5) is 5.69 Å². The first-order valence-corrected chi connectivity index (χ1v) is 8.87. The van der Waals surface area contributed by atoms with Crippen molar-refractivity contribution in [3.63, 3.8) is 0 Å². The Morgan fingerprint density at radius 2 is 1.77 bits per heavy atom. The number of aryl methyl sites for hydroxylation is 1. The lowest BCUT2D eigenvalue weighted by molar-refractivity contribution is -0.885. The summed E-state index contributed by atoms with van der Waals surface area (Å²) in [5.41, 5.74) is 2.73. The quantitative estimate of drug-likeness (QED) is 0.754. The van der Waals surface area contributed by atoms with Gasteiger partial charge in [-0.1, -0.05) is 23.2 Å². The number of nitrogens with one attached hydrogen (secondary N) is 2. The Kier molecular flexibility index (Phi) is 7.14. The smallest absolute Gasteiger partial charge is 0.279 e. The zero-order valence-corrected chi connectivity index (χ0v) is 16.8. The summed E-state index contributed by atoms with van der Waals surface area (Å²) in [6.07, 6.45) is 0. The lowest BCUT2D eigenvalue weighted by atomic mass is 10.1. The van der Waals surface area contributed by atoms with E-state index in [4.69, 9.17) is 32.7 Å². The van der Waals surface area contributed by atoms with Crippen molar-refractivity contribution in [2.75, 3.05) is 33.1 Å². The van der Waals surface area contributed by atoms with Gasteiger partial charge in [0.15, 0.2) is 18.0 Å². The van der Waals surface area contributed by atoms with Crippen LogP contribution in [0.2, 0.25) is 10.0 Å². The molecular weight excluding hydrogens is 375 g/mol. The van der Waals surface area contributed by atoms with Crippen LogP contribution >= 0.6 is 23.2 Å². The summed E-state index contributed by atoms with van der Waals surface area (Å²) >= 11 is 12.0. The number of amides is 1. The Bertz CT molecular complexity index is 797. The van der Waals surface area contributed by atoms with Crippen LogP contribution in [-0.4, -0.2) is 33.7 Å². The number of quaternary nitrogens is 1. The van der Waals surface area contributed by atoms with Crippen LogP contribution in [0.5, 0.6) is 11.5 Å². The van der Waals surface area contributed by atoms with Crippen molar-refractivity contribution < 1.29 is 19.2 Å². The first-order chi connectivity index (χ1) is 12.3. The van der Waals surface area contributed by atoms with Crippen molar-refractivity contribution in [3.05, 3.63) is 51.5 Å². The van der Waals surface area contributed by atoms with Crippen molar-refractivity contribution in [1.82, 2.24) is 0 Å². The number of rotatable bonds is 7. The highest BCUT2D eigenvalue weighted by Crippen LogP contribution is 2.30. The van der Waals surface area contributed by atoms with Gasteiger partial charge in [0, 0.05) is 10.6 Å². The molecule has 0 aliphatic carbocycles. The molecule has 2 rings (SSSR count). The second-order valence-electron chi connectivity index (χ2n) is 6.12. The van der Waals surface area contributed by atoms with Gasteiger partial charge in [0.1, 0.15) is 6.54 Å². The van der Waals surface area contributed by atoms with Gasteiger partial charge < -0.3 is 19.7 Å². The molecule has 0 aliphatic heterocycles. The van der Waals surface area contributed by atoms with Gasteiger partial charge in [-0.25, -0.2) is 0 Å². The van der Waals surface area contributed by atoms with E-state index in [9.17, 15) is 4.79 Å². The predicted octanol–water partition coefficient (Wildman–Crippen LogP) is 2.97. The van der Waals surface area contributed by atoms with E-state index in [0.29, 0.717) is 40.3 Å². The minimum atomic E-state index is -0.121. The lowest BCUT2D eigenvalue weighted by Gasteiger charge is -2.17. The summed E-state index contributed by atoms with van der Waals surface area (Å²) in [5, 5.41) is 3.76. The van der Waals surface area contributed by atoms with Crippen molar-refractivity contribution in [1.29, 1.82) is 0 Å². The minimum Gasteiger partial charge on any atom is -0.493 e. The van der Waals surface area contributed by atoms with E-state index in [0.717, 1.165) is 16.0 Å². The van der Waals surface area contributed by atoms with Gasteiger partial charge in [0.05, 0.1) is 32.0 Å². The molecule has 26 heavy (non-hydrogen) atoms. The third-order valence-electron chi connectivity index (χ3n) is 4.00. The van der Waals surface area contributed by atoms with Crippen molar-refractivity contribution in [2.45, 2.75) is 13.5 Å². The van der Waals surface area contributed by atoms with Crippen LogP contribution in [0.15, 0.2) is 30.3 Å². The summed E-state index contributed by atoms with van der Waals surface area (Å²) in [7, 11) is 5.18. The van der Waals surface area contributed by atoms with Crippen LogP contribution in [0.25, 0.3) is 0 Å². The van der Waals surface area contributed by atoms with E-state index in [1.807, 2.05) is 26.1 Å². The summed E-state index contributed by atoms with van der Waals surface area (Å²) in [6, 6.07) is 8.87. The van der Waals surface area contributed by atoms with Gasteiger partial charge in [0.25, 0.3) is 5.91 Å². The molecule has 0 aromatic heterocycles. The van der Waals surface area contributed by atoms with Gasteiger partial charge >= 0.3 is 0 Å². The minimum absolute atomic E-state index is 0.121. The molecule has 1 atom stereocenters. The maximum absolute atomic E-state index is 12.3. The molecule has 0 radical (unpaired) electrons. The second-order valence-corrected chi connectivity index (χ2v) is 6.96. The standard InChI is InChI=1S/C19H22Cl2N2O3/c1-12-7-17(25-3)18(26-4)8-13(12)10-23(2)11-19(24)22-16-6-5-14(20)9-15(16)21/h5-9H,10-11H2,1-4H3,(H,22,24)/p+1. The fourth-order valence-corrected chi connectivity index (χ4v) is 3.12. The second kappa shape index (κ2) is 9.12. The number of anilines is 1. The SMILES string of the molecule is COc1cc(C)c(C[NH+](C)CC(=O)Nc2ccc(Cl)cc2Cl)cc1OC. The number of ether oxygens (including phenoxy) is 2. The summed E-state index contributed by atoms with van der Waals surface area (Å²) in [5.74, 6) is 1.25. The molecule has 0 aliphatic rings. The average molecular weight is 398 g/mol. The monoisotopic (exact) mass is 397 g/mol. The first kappa shape index (κ1) is 20.4. The lowest BCUT2D eigenvalue weighted by Crippen LogP contribution is -3.08. The summed E-state index contributed by atoms with van der Waals surface area (Å²) in [4.78, 5) is 13.3. The number of hydrogen-bond acceptors (Lipinski definition) is 3. The highest BCUT2D eigenvalue weighted by atomic mass is 35.5. The maximum Gasteiger partial charge on any atom is 0.279 e. The molecule has 0 spiro atoms. The highest BCUT2D eigenvalue weighted by molar-refractivity contribution is 6.36.